The first-order chi connectivity index (χ1) is 12.2. The molecule has 0 aliphatic rings. The predicted octanol–water partition coefficient (Wildman–Crippen LogP) is 5.20. The van der Waals surface area contributed by atoms with Gasteiger partial charge in [0.2, 0.25) is 0 Å². The van der Waals surface area contributed by atoms with Gasteiger partial charge in [0, 0.05) is 10.7 Å². The summed E-state index contributed by atoms with van der Waals surface area (Å²) in [6.07, 6.45) is -0.784. The van der Waals surface area contributed by atoms with E-state index in [1.54, 1.807) is 25.1 Å². The van der Waals surface area contributed by atoms with Crippen LogP contribution in [0.5, 0.6) is 5.75 Å². The van der Waals surface area contributed by atoms with Gasteiger partial charge in [0.1, 0.15) is 5.75 Å². The topological polar surface area (TPSA) is 50.4 Å². The molecule has 2 aromatic rings. The zero-order valence-corrected chi connectivity index (χ0v) is 17.3. The Labute approximate surface area is 168 Å². The summed E-state index contributed by atoms with van der Waals surface area (Å²) in [7, 11) is 0. The lowest BCUT2D eigenvalue weighted by molar-refractivity contribution is -0.125. The molecule has 0 saturated carbocycles. The second kappa shape index (κ2) is 8.71. The van der Waals surface area contributed by atoms with Crippen LogP contribution in [0.15, 0.2) is 30.3 Å². The number of carbonyl (C=O) groups excluding carboxylic acids is 1. The highest BCUT2D eigenvalue weighted by molar-refractivity contribution is 7.80. The first kappa shape index (κ1) is 20.5. The molecule has 0 bridgehead atoms. The minimum absolute atomic E-state index is 0.211. The van der Waals surface area contributed by atoms with Crippen molar-refractivity contribution in [1.29, 1.82) is 0 Å². The molecular weight excluding hydrogens is 391 g/mol. The van der Waals surface area contributed by atoms with Crippen molar-refractivity contribution in [2.75, 3.05) is 5.32 Å². The largest absolute Gasteiger partial charge is 0.479 e. The van der Waals surface area contributed by atoms with Gasteiger partial charge in [0.05, 0.1) is 5.02 Å². The van der Waals surface area contributed by atoms with Crippen LogP contribution in [0, 0.1) is 20.8 Å². The number of ether oxygens (including phenoxy) is 1. The number of nitrogens with one attached hydrogen (secondary N) is 2. The maximum Gasteiger partial charge on any atom is 0.266 e. The Kier molecular flexibility index (Phi) is 6.87. The van der Waals surface area contributed by atoms with Gasteiger partial charge in [-0.25, -0.2) is 0 Å². The molecule has 1 amide bonds. The van der Waals surface area contributed by atoms with Gasteiger partial charge in [-0.2, -0.15) is 0 Å². The van der Waals surface area contributed by atoms with Crippen LogP contribution in [0.3, 0.4) is 0 Å². The molecule has 0 aromatic heterocycles. The minimum atomic E-state index is -0.784. The average Bonchev–Trinajstić information content (AvgIpc) is 2.53. The number of amides is 1. The van der Waals surface area contributed by atoms with E-state index in [1.807, 2.05) is 32.9 Å². The fourth-order valence-corrected chi connectivity index (χ4v) is 3.21. The second-order valence-corrected chi connectivity index (χ2v) is 7.30. The van der Waals surface area contributed by atoms with E-state index in [-0.39, 0.29) is 11.0 Å². The average molecular weight is 411 g/mol. The van der Waals surface area contributed by atoms with Crippen molar-refractivity contribution in [3.05, 3.63) is 57.1 Å². The third-order valence-corrected chi connectivity index (χ3v) is 4.45. The first-order valence-electron chi connectivity index (χ1n) is 7.98. The molecule has 0 spiro atoms. The highest BCUT2D eigenvalue weighted by atomic mass is 35.5. The fraction of sp³-hybridized carbons (Fsp3) is 0.263. The van der Waals surface area contributed by atoms with E-state index in [0.717, 1.165) is 16.8 Å². The fourth-order valence-electron chi connectivity index (χ4n) is 2.55. The molecule has 7 heteroatoms. The first-order valence-corrected chi connectivity index (χ1v) is 9.15. The van der Waals surface area contributed by atoms with Gasteiger partial charge < -0.3 is 10.1 Å². The maximum atomic E-state index is 12.3. The number of hydrogen-bond donors (Lipinski definition) is 2. The molecule has 26 heavy (non-hydrogen) atoms. The monoisotopic (exact) mass is 410 g/mol. The molecule has 0 aliphatic carbocycles. The highest BCUT2D eigenvalue weighted by Gasteiger charge is 2.18. The lowest BCUT2D eigenvalue weighted by atomic mass is 10.1. The number of thiocarbonyl (C=S) groups is 1. The van der Waals surface area contributed by atoms with E-state index in [2.05, 4.69) is 10.6 Å². The number of aryl methyl sites for hydroxylation is 3. The Hall–Kier alpha value is -1.82. The van der Waals surface area contributed by atoms with E-state index >= 15 is 0 Å². The summed E-state index contributed by atoms with van der Waals surface area (Å²) < 4.78 is 5.59. The Morgan fingerprint density at radius 2 is 1.73 bits per heavy atom. The number of carbonyl (C=O) groups is 1. The molecule has 0 aliphatic heterocycles. The van der Waals surface area contributed by atoms with Gasteiger partial charge in [0.15, 0.2) is 11.2 Å². The lowest BCUT2D eigenvalue weighted by Gasteiger charge is -2.18. The van der Waals surface area contributed by atoms with Gasteiger partial charge in [-0.3, -0.25) is 10.1 Å². The number of hydrogen-bond acceptors (Lipinski definition) is 3. The van der Waals surface area contributed by atoms with E-state index < -0.39 is 6.10 Å². The van der Waals surface area contributed by atoms with Crippen molar-refractivity contribution in [3.8, 4) is 5.75 Å². The number of anilines is 1. The van der Waals surface area contributed by atoms with Crippen LogP contribution < -0.4 is 15.4 Å². The highest BCUT2D eigenvalue weighted by Crippen LogP contribution is 2.28. The number of halogens is 2. The van der Waals surface area contributed by atoms with E-state index in [4.69, 9.17) is 40.2 Å². The van der Waals surface area contributed by atoms with Crippen molar-refractivity contribution in [3.63, 3.8) is 0 Å². The van der Waals surface area contributed by atoms with Crippen molar-refractivity contribution in [2.24, 2.45) is 0 Å². The van der Waals surface area contributed by atoms with E-state index in [0.29, 0.717) is 15.8 Å². The standard InChI is InChI=1S/C19H20Cl2N2O2S/c1-10-7-11(2)17(12(3)8-10)22-19(26)23-18(24)13(4)25-16-6-5-14(20)9-15(16)21/h5-9,13H,1-4H3,(H2,22,23,24,26). The van der Waals surface area contributed by atoms with Crippen molar-refractivity contribution < 1.29 is 9.53 Å². The SMILES string of the molecule is Cc1cc(C)c(NC(=S)NC(=O)C(C)Oc2ccc(Cl)cc2Cl)c(C)c1. The van der Waals surface area contributed by atoms with E-state index in [1.165, 1.54) is 5.56 Å². The van der Waals surface area contributed by atoms with E-state index in [9.17, 15) is 4.79 Å². The molecule has 2 rings (SSSR count). The minimum Gasteiger partial charge on any atom is -0.479 e. The third kappa shape index (κ3) is 5.34. The van der Waals surface area contributed by atoms with Crippen molar-refractivity contribution >= 4 is 52.1 Å². The van der Waals surface area contributed by atoms with Crippen molar-refractivity contribution in [1.82, 2.24) is 5.32 Å². The Balaban J connectivity index is 1.99. The summed E-state index contributed by atoms with van der Waals surface area (Å²) in [6, 6.07) is 8.91. The molecule has 2 aromatic carbocycles. The molecule has 0 saturated heterocycles. The summed E-state index contributed by atoms with van der Waals surface area (Å²) in [6.45, 7) is 7.62. The second-order valence-electron chi connectivity index (χ2n) is 6.05. The molecule has 138 valence electrons. The molecule has 2 N–H and O–H groups in total. The Bertz CT molecular complexity index is 832. The maximum absolute atomic E-state index is 12.3. The number of benzene rings is 2. The van der Waals surface area contributed by atoms with Crippen LogP contribution in [-0.2, 0) is 4.79 Å². The van der Waals surface area contributed by atoms with Gasteiger partial charge in [-0.1, -0.05) is 40.9 Å². The quantitative estimate of drug-likeness (QED) is 0.679. The Morgan fingerprint density at radius 1 is 1.12 bits per heavy atom. The molecule has 4 nitrogen and oxygen atoms in total. The normalized spacial score (nSPS) is 11.6. The summed E-state index contributed by atoms with van der Waals surface area (Å²) >= 11 is 17.2. The Morgan fingerprint density at radius 3 is 2.31 bits per heavy atom. The molecule has 0 radical (unpaired) electrons. The summed E-state index contributed by atoms with van der Waals surface area (Å²) in [5.74, 6) is -0.00116. The van der Waals surface area contributed by atoms with Gasteiger partial charge in [-0.05, 0) is 69.2 Å². The van der Waals surface area contributed by atoms with Crippen LogP contribution in [0.2, 0.25) is 10.0 Å². The van der Waals surface area contributed by atoms with Crippen LogP contribution >= 0.6 is 35.4 Å². The van der Waals surface area contributed by atoms with Crippen LogP contribution in [0.4, 0.5) is 5.69 Å². The molecular formula is C19H20Cl2N2O2S. The summed E-state index contributed by atoms with van der Waals surface area (Å²) in [5, 5.41) is 6.75. The molecule has 1 atom stereocenters. The van der Waals surface area contributed by atoms with Gasteiger partial charge >= 0.3 is 0 Å². The van der Waals surface area contributed by atoms with Crippen molar-refractivity contribution in [2.45, 2.75) is 33.8 Å². The predicted molar refractivity (Wildman–Crippen MR) is 112 cm³/mol. The zero-order valence-electron chi connectivity index (χ0n) is 14.9. The van der Waals surface area contributed by atoms with Crippen LogP contribution in [-0.4, -0.2) is 17.1 Å². The summed E-state index contributed by atoms with van der Waals surface area (Å²) in [4.78, 5) is 12.3. The molecule has 0 fully saturated rings. The zero-order chi connectivity index (χ0) is 19.4. The van der Waals surface area contributed by atoms with Gasteiger partial charge in [-0.15, -0.1) is 0 Å². The number of rotatable bonds is 4. The van der Waals surface area contributed by atoms with Crippen LogP contribution in [0.1, 0.15) is 23.6 Å². The summed E-state index contributed by atoms with van der Waals surface area (Å²) in [5.41, 5.74) is 4.16. The van der Waals surface area contributed by atoms with Gasteiger partial charge in [0.25, 0.3) is 5.91 Å². The lowest BCUT2D eigenvalue weighted by Crippen LogP contribution is -2.42. The molecule has 1 unspecified atom stereocenters. The smallest absolute Gasteiger partial charge is 0.266 e. The third-order valence-electron chi connectivity index (χ3n) is 3.72. The molecule has 0 heterocycles. The van der Waals surface area contributed by atoms with Crippen LogP contribution in [0.25, 0.3) is 0 Å².